The molecule has 6 rings (SSSR count). The summed E-state index contributed by atoms with van der Waals surface area (Å²) in [6.07, 6.45) is 10.8. The molecule has 4 heteroatoms. The number of hydrogen-bond acceptors (Lipinski definition) is 3. The van der Waals surface area contributed by atoms with E-state index in [9.17, 15) is 0 Å². The van der Waals surface area contributed by atoms with Crippen molar-refractivity contribution in [3.05, 3.63) is 11.6 Å². The van der Waals surface area contributed by atoms with Crippen LogP contribution in [0.5, 0.6) is 0 Å². The zero-order valence-electron chi connectivity index (χ0n) is 12.1. The highest BCUT2D eigenvalue weighted by atomic mass is 15.3. The predicted molar refractivity (Wildman–Crippen MR) is 76.0 cm³/mol. The molecule has 0 saturated heterocycles. The van der Waals surface area contributed by atoms with Crippen molar-refractivity contribution in [1.29, 1.82) is 0 Å². The standard InChI is InChI=1S/C16H24N4/c17-13-2-1-3-20-14(13)18-19-15(20)16-7-10-4-11(8-16)6-12(5-10)9-16/h10-13H,1-9,17H2. The van der Waals surface area contributed by atoms with Crippen molar-refractivity contribution >= 4 is 0 Å². The molecule has 4 fully saturated rings. The molecular weight excluding hydrogens is 248 g/mol. The summed E-state index contributed by atoms with van der Waals surface area (Å²) >= 11 is 0. The van der Waals surface area contributed by atoms with Crippen LogP contribution in [0.15, 0.2) is 0 Å². The van der Waals surface area contributed by atoms with E-state index in [1.54, 1.807) is 0 Å². The molecule has 5 aliphatic rings. The second kappa shape index (κ2) is 3.85. The number of nitrogens with two attached hydrogens (primary N) is 1. The summed E-state index contributed by atoms with van der Waals surface area (Å²) in [6, 6.07) is 0.110. The summed E-state index contributed by atoms with van der Waals surface area (Å²) in [4.78, 5) is 0. The fraction of sp³-hybridized carbons (Fsp3) is 0.875. The molecule has 4 nitrogen and oxygen atoms in total. The highest BCUT2D eigenvalue weighted by molar-refractivity contribution is 5.20. The van der Waals surface area contributed by atoms with Crippen LogP contribution in [0.25, 0.3) is 0 Å². The Labute approximate surface area is 120 Å². The molecule has 108 valence electrons. The van der Waals surface area contributed by atoms with Gasteiger partial charge in [0.25, 0.3) is 0 Å². The highest BCUT2D eigenvalue weighted by Gasteiger charge is 2.54. The quantitative estimate of drug-likeness (QED) is 0.854. The first kappa shape index (κ1) is 11.7. The lowest BCUT2D eigenvalue weighted by molar-refractivity contribution is -0.0114. The second-order valence-electron chi connectivity index (χ2n) is 7.98. The maximum absolute atomic E-state index is 6.23. The summed E-state index contributed by atoms with van der Waals surface area (Å²) in [7, 11) is 0. The smallest absolute Gasteiger partial charge is 0.149 e. The molecule has 0 spiro atoms. The number of aromatic nitrogens is 3. The van der Waals surface area contributed by atoms with Crippen molar-refractivity contribution in [2.45, 2.75) is 69.4 Å². The van der Waals surface area contributed by atoms with Gasteiger partial charge in [-0.05, 0) is 69.1 Å². The van der Waals surface area contributed by atoms with Gasteiger partial charge in [0, 0.05) is 12.0 Å². The minimum absolute atomic E-state index is 0.110. The third kappa shape index (κ3) is 1.46. The van der Waals surface area contributed by atoms with Gasteiger partial charge in [0.2, 0.25) is 0 Å². The monoisotopic (exact) mass is 272 g/mol. The molecule has 0 amide bonds. The average Bonchev–Trinajstić information content (AvgIpc) is 2.83. The molecule has 4 saturated carbocycles. The van der Waals surface area contributed by atoms with E-state index in [1.165, 1.54) is 50.8 Å². The Morgan fingerprint density at radius 3 is 2.30 bits per heavy atom. The summed E-state index contributed by atoms with van der Waals surface area (Å²) in [5.41, 5.74) is 6.59. The van der Waals surface area contributed by atoms with Gasteiger partial charge in [-0.15, -0.1) is 10.2 Å². The fourth-order valence-corrected chi connectivity index (χ4v) is 6.19. The molecule has 0 radical (unpaired) electrons. The van der Waals surface area contributed by atoms with E-state index in [0.717, 1.165) is 36.5 Å². The van der Waals surface area contributed by atoms with Gasteiger partial charge in [-0.1, -0.05) is 0 Å². The predicted octanol–water partition coefficient (Wildman–Crippen LogP) is 2.54. The van der Waals surface area contributed by atoms with E-state index in [1.807, 2.05) is 0 Å². The minimum Gasteiger partial charge on any atom is -0.321 e. The third-order valence-electron chi connectivity index (χ3n) is 6.52. The lowest BCUT2D eigenvalue weighted by Crippen LogP contribution is -2.50. The third-order valence-corrected chi connectivity index (χ3v) is 6.52. The van der Waals surface area contributed by atoms with Crippen molar-refractivity contribution in [3.63, 3.8) is 0 Å². The Bertz CT molecular complexity index is 511. The van der Waals surface area contributed by atoms with Crippen molar-refractivity contribution in [2.24, 2.45) is 23.5 Å². The van der Waals surface area contributed by atoms with Gasteiger partial charge in [0.15, 0.2) is 0 Å². The first-order chi connectivity index (χ1) is 9.73. The molecule has 1 aliphatic heterocycles. The Kier molecular flexibility index (Phi) is 2.25. The molecule has 4 aliphatic carbocycles. The maximum Gasteiger partial charge on any atom is 0.149 e. The summed E-state index contributed by atoms with van der Waals surface area (Å²) in [6.45, 7) is 1.09. The van der Waals surface area contributed by atoms with Crippen molar-refractivity contribution in [1.82, 2.24) is 14.8 Å². The van der Waals surface area contributed by atoms with Crippen molar-refractivity contribution < 1.29 is 0 Å². The first-order valence-electron chi connectivity index (χ1n) is 8.43. The Balaban J connectivity index is 1.60. The number of hydrogen-bond donors (Lipinski definition) is 1. The van der Waals surface area contributed by atoms with Crippen molar-refractivity contribution in [3.8, 4) is 0 Å². The van der Waals surface area contributed by atoms with E-state index < -0.39 is 0 Å². The van der Waals surface area contributed by atoms with Gasteiger partial charge in [0.05, 0.1) is 6.04 Å². The van der Waals surface area contributed by atoms with Crippen LogP contribution < -0.4 is 5.73 Å². The highest BCUT2D eigenvalue weighted by Crippen LogP contribution is 2.60. The molecule has 2 N–H and O–H groups in total. The Morgan fingerprint density at radius 1 is 1.00 bits per heavy atom. The number of nitrogens with zero attached hydrogens (tertiary/aromatic N) is 3. The maximum atomic E-state index is 6.23. The van der Waals surface area contributed by atoms with Crippen LogP contribution in [0.3, 0.4) is 0 Å². The number of rotatable bonds is 1. The normalized spacial score (nSPS) is 45.6. The van der Waals surface area contributed by atoms with Gasteiger partial charge in [0.1, 0.15) is 11.6 Å². The summed E-state index contributed by atoms with van der Waals surface area (Å²) < 4.78 is 2.40. The average molecular weight is 272 g/mol. The van der Waals surface area contributed by atoms with E-state index in [0.29, 0.717) is 5.41 Å². The molecule has 20 heavy (non-hydrogen) atoms. The van der Waals surface area contributed by atoms with Crippen LogP contribution >= 0.6 is 0 Å². The lowest BCUT2D eigenvalue weighted by Gasteiger charge is -2.56. The summed E-state index contributed by atoms with van der Waals surface area (Å²) in [5.74, 6) is 5.26. The van der Waals surface area contributed by atoms with E-state index >= 15 is 0 Å². The SMILES string of the molecule is NC1CCCn2c1nnc2C12CC3CC(CC(C3)C1)C2. The van der Waals surface area contributed by atoms with E-state index in [4.69, 9.17) is 5.73 Å². The molecule has 1 atom stereocenters. The Morgan fingerprint density at radius 2 is 1.65 bits per heavy atom. The van der Waals surface area contributed by atoms with E-state index in [2.05, 4.69) is 14.8 Å². The molecule has 1 unspecified atom stereocenters. The van der Waals surface area contributed by atoms with Gasteiger partial charge < -0.3 is 10.3 Å². The first-order valence-corrected chi connectivity index (χ1v) is 8.43. The Hall–Kier alpha value is -0.900. The van der Waals surface area contributed by atoms with Gasteiger partial charge in [-0.25, -0.2) is 0 Å². The zero-order valence-corrected chi connectivity index (χ0v) is 12.1. The van der Waals surface area contributed by atoms with Crippen LogP contribution in [0.1, 0.15) is 69.1 Å². The minimum atomic E-state index is 0.110. The molecular formula is C16H24N4. The molecule has 1 aromatic rings. The lowest BCUT2D eigenvalue weighted by atomic mass is 9.49. The largest absolute Gasteiger partial charge is 0.321 e. The fourth-order valence-electron chi connectivity index (χ4n) is 6.19. The molecule has 2 heterocycles. The van der Waals surface area contributed by atoms with Gasteiger partial charge >= 0.3 is 0 Å². The number of fused-ring (bicyclic) bond motifs is 1. The van der Waals surface area contributed by atoms with Crippen LogP contribution in [-0.4, -0.2) is 14.8 Å². The molecule has 0 aromatic carbocycles. The molecule has 1 aromatic heterocycles. The van der Waals surface area contributed by atoms with Crippen LogP contribution in [0.4, 0.5) is 0 Å². The van der Waals surface area contributed by atoms with Crippen LogP contribution in [0.2, 0.25) is 0 Å². The topological polar surface area (TPSA) is 56.7 Å². The summed E-state index contributed by atoms with van der Waals surface area (Å²) in [5, 5.41) is 9.15. The second-order valence-corrected chi connectivity index (χ2v) is 7.98. The van der Waals surface area contributed by atoms with Gasteiger partial charge in [-0.2, -0.15) is 0 Å². The zero-order chi connectivity index (χ0) is 13.3. The van der Waals surface area contributed by atoms with Crippen LogP contribution in [-0.2, 0) is 12.0 Å². The van der Waals surface area contributed by atoms with Crippen molar-refractivity contribution in [2.75, 3.05) is 0 Å². The van der Waals surface area contributed by atoms with Crippen LogP contribution in [0, 0.1) is 17.8 Å². The molecule has 4 bridgehead atoms. The van der Waals surface area contributed by atoms with Gasteiger partial charge in [-0.3, -0.25) is 0 Å². The van der Waals surface area contributed by atoms with E-state index in [-0.39, 0.29) is 6.04 Å².